The van der Waals surface area contributed by atoms with Gasteiger partial charge in [0.15, 0.2) is 0 Å². The topological polar surface area (TPSA) is 115 Å². The van der Waals surface area contributed by atoms with Gasteiger partial charge in [0.2, 0.25) is 5.82 Å². The van der Waals surface area contributed by atoms with Gasteiger partial charge in [-0.05, 0) is 77.4 Å². The number of fused-ring (bicyclic) bond motifs is 2. The van der Waals surface area contributed by atoms with Crippen molar-refractivity contribution in [2.45, 2.75) is 45.1 Å². The summed E-state index contributed by atoms with van der Waals surface area (Å²) in [4.78, 5) is 17.2. The van der Waals surface area contributed by atoms with Crippen LogP contribution in [0.2, 0.25) is 0 Å². The third-order valence-corrected chi connectivity index (χ3v) is 7.36. The van der Waals surface area contributed by atoms with Gasteiger partial charge in [0.05, 0.1) is 26.1 Å². The number of nitrogens with one attached hydrogen (secondary N) is 1. The zero-order chi connectivity index (χ0) is 25.7. The SMILES string of the molecule is Cc1cc(-c2nnn(C)n2)cc(C)c1-c1cccc2c1CC[C@H]2Nc1cc2c(cn1)[C@H](CC(=O)O)CO2. The van der Waals surface area contributed by atoms with Crippen molar-refractivity contribution < 1.29 is 14.6 Å². The maximum absolute atomic E-state index is 11.1. The smallest absolute Gasteiger partial charge is 0.304 e. The molecule has 0 saturated heterocycles. The molecule has 0 fully saturated rings. The van der Waals surface area contributed by atoms with Crippen molar-refractivity contribution in [3.05, 3.63) is 70.4 Å². The molecule has 2 N–H and O–H groups in total. The molecule has 2 aromatic heterocycles. The molecule has 188 valence electrons. The predicted molar refractivity (Wildman–Crippen MR) is 139 cm³/mol. The number of hydrogen-bond acceptors (Lipinski definition) is 7. The predicted octanol–water partition coefficient (Wildman–Crippen LogP) is 4.61. The summed E-state index contributed by atoms with van der Waals surface area (Å²) in [5, 5.41) is 25.2. The Kier molecular flexibility index (Phi) is 5.62. The van der Waals surface area contributed by atoms with Crippen LogP contribution in [0, 0.1) is 13.8 Å². The summed E-state index contributed by atoms with van der Waals surface area (Å²) in [5.41, 5.74) is 9.35. The molecule has 0 amide bonds. The van der Waals surface area contributed by atoms with Crippen molar-refractivity contribution in [3.8, 4) is 28.3 Å². The number of ether oxygens (including phenoxy) is 1. The molecule has 2 atom stereocenters. The van der Waals surface area contributed by atoms with Crippen molar-refractivity contribution in [1.82, 2.24) is 25.2 Å². The minimum Gasteiger partial charge on any atom is -0.492 e. The molecule has 6 rings (SSSR count). The lowest BCUT2D eigenvalue weighted by Gasteiger charge is -2.18. The first-order chi connectivity index (χ1) is 17.9. The number of carbonyl (C=O) groups is 1. The first-order valence-electron chi connectivity index (χ1n) is 12.5. The molecule has 9 heteroatoms. The van der Waals surface area contributed by atoms with Crippen molar-refractivity contribution in [3.63, 3.8) is 0 Å². The number of anilines is 1. The highest BCUT2D eigenvalue weighted by Crippen LogP contribution is 2.43. The molecule has 9 nitrogen and oxygen atoms in total. The van der Waals surface area contributed by atoms with Crippen LogP contribution in [0.5, 0.6) is 5.75 Å². The first kappa shape index (κ1) is 23.1. The van der Waals surface area contributed by atoms with E-state index in [4.69, 9.17) is 9.84 Å². The Morgan fingerprint density at radius 3 is 2.73 bits per heavy atom. The van der Waals surface area contributed by atoms with Gasteiger partial charge in [-0.1, -0.05) is 18.2 Å². The van der Waals surface area contributed by atoms with E-state index in [0.29, 0.717) is 12.4 Å². The molecule has 0 radical (unpaired) electrons. The number of hydrogen-bond donors (Lipinski definition) is 2. The third-order valence-electron chi connectivity index (χ3n) is 7.36. The lowest BCUT2D eigenvalue weighted by atomic mass is 9.89. The molecule has 37 heavy (non-hydrogen) atoms. The minimum absolute atomic E-state index is 0.0509. The molecular weight excluding hydrogens is 468 g/mol. The Hall–Kier alpha value is -4.27. The van der Waals surface area contributed by atoms with E-state index >= 15 is 0 Å². The van der Waals surface area contributed by atoms with E-state index in [1.54, 1.807) is 13.2 Å². The van der Waals surface area contributed by atoms with Crippen molar-refractivity contribution >= 4 is 11.8 Å². The highest BCUT2D eigenvalue weighted by Gasteiger charge is 2.29. The van der Waals surface area contributed by atoms with Gasteiger partial charge in [-0.2, -0.15) is 4.80 Å². The second-order valence-electron chi connectivity index (χ2n) is 9.91. The fraction of sp³-hybridized carbons (Fsp3) is 0.321. The van der Waals surface area contributed by atoms with Crippen LogP contribution in [-0.4, -0.2) is 42.9 Å². The van der Waals surface area contributed by atoms with Crippen LogP contribution in [0.15, 0.2) is 42.6 Å². The van der Waals surface area contributed by atoms with E-state index in [2.05, 4.69) is 69.9 Å². The van der Waals surface area contributed by atoms with Crippen LogP contribution < -0.4 is 10.1 Å². The van der Waals surface area contributed by atoms with E-state index in [1.807, 2.05) is 6.07 Å². The van der Waals surface area contributed by atoms with E-state index in [1.165, 1.54) is 38.2 Å². The van der Waals surface area contributed by atoms with Gasteiger partial charge in [-0.25, -0.2) is 4.98 Å². The lowest BCUT2D eigenvalue weighted by molar-refractivity contribution is -0.137. The number of carboxylic acids is 1. The molecule has 2 aromatic carbocycles. The highest BCUT2D eigenvalue weighted by molar-refractivity contribution is 5.78. The lowest BCUT2D eigenvalue weighted by Crippen LogP contribution is -2.09. The van der Waals surface area contributed by atoms with Gasteiger partial charge in [0.25, 0.3) is 0 Å². The van der Waals surface area contributed by atoms with E-state index in [9.17, 15) is 4.79 Å². The summed E-state index contributed by atoms with van der Waals surface area (Å²) >= 11 is 0. The van der Waals surface area contributed by atoms with Gasteiger partial charge in [0.1, 0.15) is 11.6 Å². The van der Waals surface area contributed by atoms with Crippen LogP contribution >= 0.6 is 0 Å². The van der Waals surface area contributed by atoms with Crippen molar-refractivity contribution in [2.24, 2.45) is 7.05 Å². The summed E-state index contributed by atoms with van der Waals surface area (Å²) in [5.74, 6) is 1.12. The number of aromatic nitrogens is 5. The molecule has 4 aromatic rings. The molecule has 0 saturated carbocycles. The summed E-state index contributed by atoms with van der Waals surface area (Å²) < 4.78 is 5.78. The van der Waals surface area contributed by atoms with Gasteiger partial charge in [0, 0.05) is 29.3 Å². The average Bonchev–Trinajstić information content (AvgIpc) is 3.58. The number of aryl methyl sites for hydroxylation is 3. The number of benzene rings is 2. The van der Waals surface area contributed by atoms with Crippen LogP contribution in [-0.2, 0) is 18.3 Å². The Labute approximate surface area is 214 Å². The van der Waals surface area contributed by atoms with Crippen LogP contribution in [0.1, 0.15) is 52.6 Å². The number of carboxylic acid groups (broad SMARTS) is 1. The molecule has 0 unspecified atom stereocenters. The molecule has 1 aliphatic carbocycles. The van der Waals surface area contributed by atoms with Crippen LogP contribution in [0.3, 0.4) is 0 Å². The maximum Gasteiger partial charge on any atom is 0.304 e. The molecule has 2 aliphatic rings. The summed E-state index contributed by atoms with van der Waals surface area (Å²) in [6, 6.07) is 12.8. The Morgan fingerprint density at radius 1 is 1.19 bits per heavy atom. The second kappa shape index (κ2) is 8.99. The van der Waals surface area contributed by atoms with Gasteiger partial charge in [-0.15, -0.1) is 10.2 Å². The number of pyridine rings is 1. The molecule has 0 bridgehead atoms. The Bertz CT molecular complexity index is 1510. The molecule has 0 spiro atoms. The maximum atomic E-state index is 11.1. The monoisotopic (exact) mass is 496 g/mol. The third kappa shape index (κ3) is 4.20. The standard InChI is InChI=1S/C28H28N6O3/c1-15-9-17(28-31-33-34(3)32-28)10-16(2)27(15)21-6-4-5-20-19(21)7-8-23(20)30-25-12-24-22(13-29-25)18(14-37-24)11-26(35)36/h4-6,9-10,12-13,18,23H,7-8,11,14H2,1-3H3,(H,29,30)(H,35,36)/t18-,23-/m1/s1. The Morgan fingerprint density at radius 2 is 2.00 bits per heavy atom. The minimum atomic E-state index is -0.826. The van der Waals surface area contributed by atoms with Gasteiger partial charge >= 0.3 is 5.97 Å². The second-order valence-corrected chi connectivity index (χ2v) is 9.91. The van der Waals surface area contributed by atoms with E-state index in [-0.39, 0.29) is 18.4 Å². The highest BCUT2D eigenvalue weighted by atomic mass is 16.5. The van der Waals surface area contributed by atoms with E-state index < -0.39 is 5.97 Å². The van der Waals surface area contributed by atoms with Gasteiger partial charge < -0.3 is 15.2 Å². The van der Waals surface area contributed by atoms with Gasteiger partial charge in [-0.3, -0.25) is 4.79 Å². The molecule has 1 aliphatic heterocycles. The zero-order valence-electron chi connectivity index (χ0n) is 21.0. The fourth-order valence-electron chi connectivity index (χ4n) is 5.75. The largest absolute Gasteiger partial charge is 0.492 e. The zero-order valence-corrected chi connectivity index (χ0v) is 21.0. The quantitative estimate of drug-likeness (QED) is 0.398. The van der Waals surface area contributed by atoms with Crippen LogP contribution in [0.25, 0.3) is 22.5 Å². The summed E-state index contributed by atoms with van der Waals surface area (Å²) in [7, 11) is 1.77. The normalized spacial score (nSPS) is 17.8. The Balaban J connectivity index is 1.28. The van der Waals surface area contributed by atoms with E-state index in [0.717, 1.165) is 35.5 Å². The van der Waals surface area contributed by atoms with Crippen LogP contribution in [0.4, 0.5) is 5.82 Å². The number of nitrogens with zero attached hydrogens (tertiary/aromatic N) is 5. The summed E-state index contributed by atoms with van der Waals surface area (Å²) in [6.07, 6.45) is 3.74. The molecule has 3 heterocycles. The van der Waals surface area contributed by atoms with Crippen molar-refractivity contribution in [1.29, 1.82) is 0 Å². The number of aliphatic carboxylic acids is 1. The first-order valence-corrected chi connectivity index (χ1v) is 12.5. The fourth-order valence-corrected chi connectivity index (χ4v) is 5.75. The van der Waals surface area contributed by atoms with Crippen molar-refractivity contribution in [2.75, 3.05) is 11.9 Å². The molecular formula is C28H28N6O3. The number of rotatable bonds is 6. The summed E-state index contributed by atoms with van der Waals surface area (Å²) in [6.45, 7) is 4.66. The average molecular weight is 497 g/mol. The number of tetrazole rings is 1.